The summed E-state index contributed by atoms with van der Waals surface area (Å²) in [6.45, 7) is 2.03. The lowest BCUT2D eigenvalue weighted by Crippen LogP contribution is -1.94. The molecule has 0 unspecified atom stereocenters. The maximum absolute atomic E-state index is 10.9. The molecule has 4 heteroatoms. The van der Waals surface area contributed by atoms with E-state index in [1.807, 2.05) is 61.5 Å². The minimum atomic E-state index is -0.921. The Morgan fingerprint density at radius 3 is 2.19 bits per heavy atom. The number of nitrogens with zero attached hydrogens (tertiary/aromatic N) is 1. The lowest BCUT2D eigenvalue weighted by Gasteiger charge is -1.98. The average Bonchev–Trinajstić information content (AvgIpc) is 3.10. The first-order valence-corrected chi connectivity index (χ1v) is 8.57. The van der Waals surface area contributed by atoms with Gasteiger partial charge in [-0.25, -0.2) is 9.78 Å². The van der Waals surface area contributed by atoms with Gasteiger partial charge in [-0.1, -0.05) is 42.5 Å². The fourth-order valence-corrected chi connectivity index (χ4v) is 2.83. The van der Waals surface area contributed by atoms with Gasteiger partial charge in [0.2, 0.25) is 5.89 Å². The highest BCUT2D eigenvalue weighted by molar-refractivity contribution is 5.88. The highest BCUT2D eigenvalue weighted by Crippen LogP contribution is 2.25. The molecule has 0 spiro atoms. The molecule has 0 saturated heterocycles. The predicted molar refractivity (Wildman–Crippen MR) is 107 cm³/mol. The monoisotopic (exact) mass is 355 g/mol. The van der Waals surface area contributed by atoms with Crippen LogP contribution in [0, 0.1) is 6.92 Å². The molecule has 0 amide bonds. The number of carboxylic acids is 1. The molecular weight excluding hydrogens is 338 g/mol. The van der Waals surface area contributed by atoms with Crippen molar-refractivity contribution in [2.75, 3.05) is 0 Å². The van der Waals surface area contributed by atoms with Crippen LogP contribution < -0.4 is 0 Å². The predicted octanol–water partition coefficient (Wildman–Crippen LogP) is 5.67. The Hall–Kier alpha value is -3.66. The molecule has 4 nitrogen and oxygen atoms in total. The minimum Gasteiger partial charge on any atom is -0.478 e. The van der Waals surface area contributed by atoms with Gasteiger partial charge in [0.05, 0.1) is 5.56 Å². The van der Waals surface area contributed by atoms with E-state index >= 15 is 0 Å². The number of carboxylic acid groups (broad SMARTS) is 1. The first kappa shape index (κ1) is 16.8. The van der Waals surface area contributed by atoms with E-state index in [-0.39, 0.29) is 5.56 Å². The molecule has 4 rings (SSSR count). The molecule has 4 aromatic rings. The zero-order chi connectivity index (χ0) is 18.8. The van der Waals surface area contributed by atoms with Gasteiger partial charge < -0.3 is 9.52 Å². The minimum absolute atomic E-state index is 0.282. The van der Waals surface area contributed by atoms with Crippen LogP contribution in [-0.4, -0.2) is 16.1 Å². The zero-order valence-corrected chi connectivity index (χ0v) is 14.7. The van der Waals surface area contributed by atoms with Gasteiger partial charge in [-0.2, -0.15) is 0 Å². The fraction of sp³-hybridized carbons (Fsp3) is 0.0435. The smallest absolute Gasteiger partial charge is 0.335 e. The standard InChI is InChI=1S/C23H17NO3/c1-15-2-13-21-20(14-15)24-22(27-21)18-9-5-16(6-10-18)3-4-17-7-11-19(12-8-17)23(25)26/h2-14H,1H3,(H,25,26). The van der Waals surface area contributed by atoms with Crippen LogP contribution >= 0.6 is 0 Å². The summed E-state index contributed by atoms with van der Waals surface area (Å²) in [4.78, 5) is 15.4. The summed E-state index contributed by atoms with van der Waals surface area (Å²) in [6, 6.07) is 20.7. The van der Waals surface area contributed by atoms with Gasteiger partial charge in [-0.05, 0) is 60.0 Å². The van der Waals surface area contributed by atoms with Crippen LogP contribution in [0.15, 0.2) is 71.1 Å². The highest BCUT2D eigenvalue weighted by Gasteiger charge is 2.08. The van der Waals surface area contributed by atoms with Crippen LogP contribution in [0.5, 0.6) is 0 Å². The molecule has 0 atom stereocenters. The van der Waals surface area contributed by atoms with Gasteiger partial charge in [0.25, 0.3) is 0 Å². The molecule has 0 radical (unpaired) electrons. The van der Waals surface area contributed by atoms with Gasteiger partial charge in [0, 0.05) is 5.56 Å². The Bertz CT molecular complexity index is 1140. The van der Waals surface area contributed by atoms with Crippen molar-refractivity contribution < 1.29 is 14.3 Å². The third kappa shape index (κ3) is 3.65. The number of carbonyl (C=O) groups is 1. The number of aryl methyl sites for hydroxylation is 1. The molecule has 3 aromatic carbocycles. The van der Waals surface area contributed by atoms with E-state index in [9.17, 15) is 4.79 Å². The number of aromatic nitrogens is 1. The number of benzene rings is 3. The summed E-state index contributed by atoms with van der Waals surface area (Å²) in [7, 11) is 0. The van der Waals surface area contributed by atoms with Crippen molar-refractivity contribution in [1.29, 1.82) is 0 Å². The number of hydrogen-bond acceptors (Lipinski definition) is 3. The van der Waals surface area contributed by atoms with Crippen molar-refractivity contribution in [3.8, 4) is 11.5 Å². The summed E-state index contributed by atoms with van der Waals surface area (Å²) >= 11 is 0. The molecule has 132 valence electrons. The molecule has 0 saturated carbocycles. The highest BCUT2D eigenvalue weighted by atomic mass is 16.4. The zero-order valence-electron chi connectivity index (χ0n) is 14.7. The van der Waals surface area contributed by atoms with Crippen molar-refractivity contribution in [2.24, 2.45) is 0 Å². The Balaban J connectivity index is 1.53. The third-order valence-electron chi connectivity index (χ3n) is 4.33. The lowest BCUT2D eigenvalue weighted by atomic mass is 10.1. The van der Waals surface area contributed by atoms with Crippen LogP contribution in [-0.2, 0) is 0 Å². The summed E-state index contributed by atoms with van der Waals surface area (Å²) in [5.41, 5.74) is 5.98. The Labute approximate surface area is 156 Å². The topological polar surface area (TPSA) is 63.3 Å². The van der Waals surface area contributed by atoms with Crippen LogP contribution in [0.4, 0.5) is 0 Å². The Morgan fingerprint density at radius 2 is 1.56 bits per heavy atom. The van der Waals surface area contributed by atoms with E-state index in [1.165, 1.54) is 0 Å². The van der Waals surface area contributed by atoms with Crippen molar-refractivity contribution in [2.45, 2.75) is 6.92 Å². The summed E-state index contributed by atoms with van der Waals surface area (Å²) in [5.74, 6) is -0.314. The Morgan fingerprint density at radius 1 is 0.926 bits per heavy atom. The molecule has 1 aromatic heterocycles. The van der Waals surface area contributed by atoms with Gasteiger partial charge in [-0.15, -0.1) is 0 Å². The van der Waals surface area contributed by atoms with Crippen molar-refractivity contribution in [3.63, 3.8) is 0 Å². The van der Waals surface area contributed by atoms with E-state index in [1.54, 1.807) is 24.3 Å². The van der Waals surface area contributed by atoms with Gasteiger partial charge in [0.1, 0.15) is 5.52 Å². The second-order valence-electron chi connectivity index (χ2n) is 6.37. The molecule has 0 bridgehead atoms. The van der Waals surface area contributed by atoms with Crippen LogP contribution in [0.1, 0.15) is 27.0 Å². The van der Waals surface area contributed by atoms with Crippen molar-refractivity contribution >= 4 is 29.2 Å². The van der Waals surface area contributed by atoms with Crippen molar-refractivity contribution in [1.82, 2.24) is 4.98 Å². The normalized spacial score (nSPS) is 11.3. The number of oxazole rings is 1. The van der Waals surface area contributed by atoms with Gasteiger partial charge in [-0.3, -0.25) is 0 Å². The number of aromatic carboxylic acids is 1. The van der Waals surface area contributed by atoms with Crippen LogP contribution in [0.25, 0.3) is 34.7 Å². The number of fused-ring (bicyclic) bond motifs is 1. The van der Waals surface area contributed by atoms with Gasteiger partial charge in [0.15, 0.2) is 5.58 Å². The first-order chi connectivity index (χ1) is 13.1. The molecule has 1 N–H and O–H groups in total. The van der Waals surface area contributed by atoms with Gasteiger partial charge >= 0.3 is 5.97 Å². The largest absolute Gasteiger partial charge is 0.478 e. The van der Waals surface area contributed by atoms with E-state index in [0.29, 0.717) is 5.89 Å². The second-order valence-corrected chi connectivity index (χ2v) is 6.37. The molecule has 0 fully saturated rings. The molecule has 27 heavy (non-hydrogen) atoms. The van der Waals surface area contributed by atoms with Crippen LogP contribution in [0.2, 0.25) is 0 Å². The fourth-order valence-electron chi connectivity index (χ4n) is 2.83. The summed E-state index contributed by atoms with van der Waals surface area (Å²) < 4.78 is 5.83. The maximum atomic E-state index is 10.9. The number of hydrogen-bond donors (Lipinski definition) is 1. The molecule has 0 aliphatic carbocycles. The second kappa shape index (κ2) is 6.92. The lowest BCUT2D eigenvalue weighted by molar-refractivity contribution is 0.0697. The van der Waals surface area contributed by atoms with E-state index < -0.39 is 5.97 Å². The Kier molecular flexibility index (Phi) is 4.30. The molecule has 1 heterocycles. The third-order valence-corrected chi connectivity index (χ3v) is 4.33. The van der Waals surface area contributed by atoms with Crippen LogP contribution in [0.3, 0.4) is 0 Å². The van der Waals surface area contributed by atoms with Crippen molar-refractivity contribution in [3.05, 3.63) is 89.0 Å². The number of rotatable bonds is 4. The SMILES string of the molecule is Cc1ccc2oc(-c3ccc(C=Cc4ccc(C(=O)O)cc4)cc3)nc2c1. The maximum Gasteiger partial charge on any atom is 0.335 e. The first-order valence-electron chi connectivity index (χ1n) is 8.57. The van der Waals surface area contributed by atoms with E-state index in [2.05, 4.69) is 4.98 Å². The summed E-state index contributed by atoms with van der Waals surface area (Å²) in [6.07, 6.45) is 3.93. The molecule has 0 aliphatic heterocycles. The summed E-state index contributed by atoms with van der Waals surface area (Å²) in [5, 5.41) is 8.93. The molecule has 0 aliphatic rings. The van der Waals surface area contributed by atoms with E-state index in [0.717, 1.165) is 33.4 Å². The quantitative estimate of drug-likeness (QED) is 0.479. The molecular formula is C23H17NO3. The average molecular weight is 355 g/mol. The van der Waals surface area contributed by atoms with E-state index in [4.69, 9.17) is 9.52 Å².